The van der Waals surface area contributed by atoms with Crippen LogP contribution in [0.25, 0.3) is 11.4 Å². The lowest BCUT2D eigenvalue weighted by Gasteiger charge is -2.34. The fraction of sp³-hybridized carbons (Fsp3) is 0.333. The van der Waals surface area contributed by atoms with Crippen LogP contribution >= 0.6 is 0 Å². The van der Waals surface area contributed by atoms with E-state index in [4.69, 9.17) is 19.4 Å². The van der Waals surface area contributed by atoms with Crippen molar-refractivity contribution in [1.29, 1.82) is 0 Å². The van der Waals surface area contributed by atoms with Gasteiger partial charge in [0.1, 0.15) is 11.6 Å². The van der Waals surface area contributed by atoms with Crippen LogP contribution < -0.4 is 15.0 Å². The van der Waals surface area contributed by atoms with Crippen molar-refractivity contribution < 1.29 is 19.1 Å². The average molecular weight is 488 g/mol. The average Bonchev–Trinajstić information content (AvgIpc) is 2.93. The lowest BCUT2D eigenvalue weighted by molar-refractivity contribution is 0.0731. The number of carbonyl (C=O) groups is 2. The van der Waals surface area contributed by atoms with Crippen molar-refractivity contribution in [2.24, 2.45) is 0 Å². The highest BCUT2D eigenvalue weighted by atomic mass is 16.6. The third kappa shape index (κ3) is 5.16. The summed E-state index contributed by atoms with van der Waals surface area (Å²) in [7, 11) is 0. The normalized spacial score (nSPS) is 15.2. The number of ether oxygens (including phenoxy) is 2. The van der Waals surface area contributed by atoms with Gasteiger partial charge in [0.25, 0.3) is 5.91 Å². The SMILES string of the molecule is CCNC(=O)Oc1ccc(-c2nc3c(c(N4CCOCC4)n2)CCN(C(=O)c2ccccc2)C3)cc1. The monoisotopic (exact) mass is 487 g/mol. The molecule has 2 aromatic carbocycles. The molecule has 186 valence electrons. The van der Waals surface area contributed by atoms with Gasteiger partial charge in [0, 0.05) is 42.9 Å². The van der Waals surface area contributed by atoms with E-state index < -0.39 is 6.09 Å². The van der Waals surface area contributed by atoms with Crippen molar-refractivity contribution in [1.82, 2.24) is 20.2 Å². The molecule has 0 saturated carbocycles. The van der Waals surface area contributed by atoms with E-state index in [1.54, 1.807) is 12.1 Å². The predicted molar refractivity (Wildman–Crippen MR) is 135 cm³/mol. The molecule has 3 heterocycles. The molecule has 0 spiro atoms. The Balaban J connectivity index is 1.46. The first-order valence-corrected chi connectivity index (χ1v) is 12.3. The summed E-state index contributed by atoms with van der Waals surface area (Å²) in [5, 5.41) is 2.61. The highest BCUT2D eigenvalue weighted by Crippen LogP contribution is 2.31. The Morgan fingerprint density at radius 2 is 1.75 bits per heavy atom. The molecule has 0 aliphatic carbocycles. The zero-order valence-corrected chi connectivity index (χ0v) is 20.3. The molecule has 2 aliphatic heterocycles. The van der Waals surface area contributed by atoms with Gasteiger partial charge in [-0.15, -0.1) is 0 Å². The Kier molecular flexibility index (Phi) is 7.08. The number of nitrogens with zero attached hydrogens (tertiary/aromatic N) is 4. The van der Waals surface area contributed by atoms with Crippen LogP contribution in [0.5, 0.6) is 5.75 Å². The molecule has 0 atom stereocenters. The maximum absolute atomic E-state index is 13.1. The van der Waals surface area contributed by atoms with Crippen molar-refractivity contribution >= 4 is 17.8 Å². The third-order valence-corrected chi connectivity index (χ3v) is 6.31. The molecular formula is C27H29N5O4. The number of benzene rings is 2. The number of carbonyl (C=O) groups excluding carboxylic acids is 2. The number of anilines is 1. The summed E-state index contributed by atoms with van der Waals surface area (Å²) < 4.78 is 10.8. The minimum Gasteiger partial charge on any atom is -0.410 e. The summed E-state index contributed by atoms with van der Waals surface area (Å²) in [6, 6.07) is 16.5. The van der Waals surface area contributed by atoms with Crippen LogP contribution in [0, 0.1) is 0 Å². The number of hydrogen-bond acceptors (Lipinski definition) is 7. The van der Waals surface area contributed by atoms with E-state index in [1.807, 2.05) is 54.3 Å². The van der Waals surface area contributed by atoms with Crippen molar-refractivity contribution in [2.45, 2.75) is 19.9 Å². The summed E-state index contributed by atoms with van der Waals surface area (Å²) in [5.41, 5.74) is 3.43. The zero-order chi connectivity index (χ0) is 24.9. The summed E-state index contributed by atoms with van der Waals surface area (Å²) in [5.74, 6) is 1.93. The Morgan fingerprint density at radius 1 is 1.00 bits per heavy atom. The van der Waals surface area contributed by atoms with E-state index in [-0.39, 0.29) is 5.91 Å². The molecule has 2 amide bonds. The van der Waals surface area contributed by atoms with Gasteiger partial charge in [0.05, 0.1) is 25.5 Å². The summed E-state index contributed by atoms with van der Waals surface area (Å²) in [6.07, 6.45) is 0.202. The topological polar surface area (TPSA) is 96.9 Å². The third-order valence-electron chi connectivity index (χ3n) is 6.31. The number of morpholine rings is 1. The van der Waals surface area contributed by atoms with E-state index >= 15 is 0 Å². The van der Waals surface area contributed by atoms with Gasteiger partial charge >= 0.3 is 6.09 Å². The summed E-state index contributed by atoms with van der Waals surface area (Å²) in [6.45, 7) is 6.19. The van der Waals surface area contributed by atoms with Crippen LogP contribution in [0.2, 0.25) is 0 Å². The maximum Gasteiger partial charge on any atom is 0.412 e. The first kappa shape index (κ1) is 23.7. The number of hydrogen-bond donors (Lipinski definition) is 1. The highest BCUT2D eigenvalue weighted by Gasteiger charge is 2.28. The lowest BCUT2D eigenvalue weighted by atomic mass is 10.0. The molecule has 2 aliphatic rings. The first-order chi connectivity index (χ1) is 17.6. The Labute approximate surface area is 210 Å². The van der Waals surface area contributed by atoms with Crippen LogP contribution in [-0.4, -0.2) is 66.3 Å². The highest BCUT2D eigenvalue weighted by molar-refractivity contribution is 5.94. The molecule has 0 unspecified atom stereocenters. The van der Waals surface area contributed by atoms with Gasteiger partial charge in [-0.2, -0.15) is 0 Å². The fourth-order valence-corrected chi connectivity index (χ4v) is 4.47. The second-order valence-corrected chi connectivity index (χ2v) is 8.68. The first-order valence-electron chi connectivity index (χ1n) is 12.3. The second-order valence-electron chi connectivity index (χ2n) is 8.68. The second kappa shape index (κ2) is 10.7. The lowest BCUT2D eigenvalue weighted by Crippen LogP contribution is -2.40. The molecule has 0 bridgehead atoms. The van der Waals surface area contributed by atoms with Gasteiger partial charge in [-0.05, 0) is 49.7 Å². The number of aromatic nitrogens is 2. The standard InChI is InChI=1S/C27H29N5O4/c1-2-28-27(34)36-21-10-8-19(9-11-21)24-29-23-18-32(26(33)20-6-4-3-5-7-20)13-12-22(23)25(30-24)31-14-16-35-17-15-31/h3-11H,2,12-18H2,1H3,(H,28,34). The number of rotatable bonds is 5. The molecule has 1 fully saturated rings. The van der Waals surface area contributed by atoms with Gasteiger partial charge < -0.3 is 24.6 Å². The van der Waals surface area contributed by atoms with Crippen molar-refractivity contribution in [2.75, 3.05) is 44.3 Å². The van der Waals surface area contributed by atoms with Gasteiger partial charge in [-0.3, -0.25) is 4.79 Å². The van der Waals surface area contributed by atoms with Crippen molar-refractivity contribution in [3.63, 3.8) is 0 Å². The van der Waals surface area contributed by atoms with Gasteiger partial charge in [-0.1, -0.05) is 18.2 Å². The predicted octanol–water partition coefficient (Wildman–Crippen LogP) is 3.29. The minimum absolute atomic E-state index is 0.00110. The van der Waals surface area contributed by atoms with Crippen LogP contribution in [0.15, 0.2) is 54.6 Å². The molecule has 3 aromatic rings. The Hall–Kier alpha value is -3.98. The van der Waals surface area contributed by atoms with Crippen LogP contribution in [0.4, 0.5) is 10.6 Å². The van der Waals surface area contributed by atoms with Crippen LogP contribution in [-0.2, 0) is 17.7 Å². The van der Waals surface area contributed by atoms with E-state index in [0.29, 0.717) is 56.4 Å². The Morgan fingerprint density at radius 3 is 2.47 bits per heavy atom. The van der Waals surface area contributed by atoms with Gasteiger partial charge in [0.2, 0.25) is 0 Å². The van der Waals surface area contributed by atoms with E-state index in [0.717, 1.165) is 35.7 Å². The molecule has 9 heteroatoms. The van der Waals surface area contributed by atoms with E-state index in [9.17, 15) is 9.59 Å². The quantitative estimate of drug-likeness (QED) is 0.590. The van der Waals surface area contributed by atoms with E-state index in [2.05, 4.69) is 10.2 Å². The number of nitrogens with one attached hydrogen (secondary N) is 1. The van der Waals surface area contributed by atoms with Crippen molar-refractivity contribution in [3.8, 4) is 17.1 Å². The minimum atomic E-state index is -0.493. The number of fused-ring (bicyclic) bond motifs is 1. The molecule has 0 radical (unpaired) electrons. The van der Waals surface area contributed by atoms with Crippen LogP contribution in [0.1, 0.15) is 28.5 Å². The van der Waals surface area contributed by atoms with Gasteiger partial charge in [-0.25, -0.2) is 14.8 Å². The summed E-state index contributed by atoms with van der Waals surface area (Å²) >= 11 is 0. The molecule has 1 aromatic heterocycles. The molecule has 1 N–H and O–H groups in total. The van der Waals surface area contributed by atoms with E-state index in [1.165, 1.54) is 0 Å². The maximum atomic E-state index is 13.1. The Bertz CT molecular complexity index is 1230. The zero-order valence-electron chi connectivity index (χ0n) is 20.3. The largest absolute Gasteiger partial charge is 0.412 e. The van der Waals surface area contributed by atoms with Crippen molar-refractivity contribution in [3.05, 3.63) is 71.4 Å². The number of amides is 2. The van der Waals surface area contributed by atoms with Gasteiger partial charge in [0.15, 0.2) is 5.82 Å². The summed E-state index contributed by atoms with van der Waals surface area (Å²) in [4.78, 5) is 38.8. The molecule has 36 heavy (non-hydrogen) atoms. The molecule has 1 saturated heterocycles. The molecular weight excluding hydrogens is 458 g/mol. The smallest absolute Gasteiger partial charge is 0.410 e. The van der Waals surface area contributed by atoms with Crippen LogP contribution in [0.3, 0.4) is 0 Å². The molecule has 5 rings (SSSR count). The molecule has 9 nitrogen and oxygen atoms in total. The fourth-order valence-electron chi connectivity index (χ4n) is 4.47.